The average molecular weight is 999 g/mol. The number of aryl methyl sites for hydroxylation is 1. The predicted molar refractivity (Wildman–Crippen MR) is 242 cm³/mol. The summed E-state index contributed by atoms with van der Waals surface area (Å²) in [6.07, 6.45) is -7.60. The summed E-state index contributed by atoms with van der Waals surface area (Å²) < 4.78 is 158. The topological polar surface area (TPSA) is 64.6 Å². The van der Waals surface area contributed by atoms with Crippen molar-refractivity contribution < 1.29 is 72.7 Å². The molecular formula is C48H75F9O7S2. The van der Waals surface area contributed by atoms with Crippen molar-refractivity contribution in [3.63, 3.8) is 0 Å². The molecule has 18 heteroatoms. The van der Waals surface area contributed by atoms with E-state index in [-0.39, 0.29) is 30.3 Å². The average Bonchev–Trinajstić information content (AvgIpc) is 3.57. The lowest BCUT2D eigenvalue weighted by atomic mass is 9.55. The van der Waals surface area contributed by atoms with Gasteiger partial charge in [0.1, 0.15) is 5.75 Å². The molecule has 5 unspecified atom stereocenters. The van der Waals surface area contributed by atoms with Crippen molar-refractivity contribution in [2.24, 2.45) is 23.2 Å². The molecule has 2 fully saturated rings. The lowest BCUT2D eigenvalue weighted by Gasteiger charge is -2.50. The number of hydrogen-bond donors (Lipinski definition) is 0. The van der Waals surface area contributed by atoms with E-state index in [0.29, 0.717) is 49.9 Å². The van der Waals surface area contributed by atoms with Crippen LogP contribution in [-0.2, 0) is 34.8 Å². The van der Waals surface area contributed by atoms with Gasteiger partial charge in [-0.3, -0.25) is 0 Å². The maximum atomic E-state index is 13.2. The molecule has 5 atom stereocenters. The summed E-state index contributed by atoms with van der Waals surface area (Å²) in [4.78, 5) is 0. The number of benzene rings is 1. The molecule has 66 heavy (non-hydrogen) atoms. The highest BCUT2D eigenvalue weighted by Crippen LogP contribution is 2.62. The standard InChI is InChI=1S/C48H75F9O7S2/c1-34(2)62-32-36(33-63-35(3)4)13-9-7-6-8-10-22-58-27-29-65-66-30-28-59-23-11-24-60-38-15-17-39-37(31-38)14-16-41-40(39)20-21-44(5)42(41)18-19-43(44)61-25-12-26-64-45(46(49,50)51,47(52,53)54)48(55,56)57/h15,17,31,34-36,40-43H,6-14,16,18-30,32-33H2,1-5H3. The summed E-state index contributed by atoms with van der Waals surface area (Å²) in [7, 11) is 3.61. The van der Waals surface area contributed by atoms with Crippen molar-refractivity contribution in [2.75, 3.05) is 71.0 Å². The van der Waals surface area contributed by atoms with Gasteiger partial charge in [0.05, 0.1) is 58.0 Å². The number of halogens is 9. The minimum Gasteiger partial charge on any atom is -0.493 e. The monoisotopic (exact) mass is 998 g/mol. The van der Waals surface area contributed by atoms with Crippen LogP contribution >= 0.6 is 21.6 Å². The molecule has 4 rings (SSSR count). The Bertz CT molecular complexity index is 1470. The highest BCUT2D eigenvalue weighted by molar-refractivity contribution is 8.76. The molecule has 7 nitrogen and oxygen atoms in total. The number of fused-ring (bicyclic) bond motifs is 5. The van der Waals surface area contributed by atoms with Crippen LogP contribution in [0.2, 0.25) is 0 Å². The third kappa shape index (κ3) is 16.7. The highest BCUT2D eigenvalue weighted by atomic mass is 33.1. The number of ether oxygens (including phenoxy) is 7. The zero-order valence-corrected chi connectivity index (χ0v) is 41.2. The van der Waals surface area contributed by atoms with E-state index in [9.17, 15) is 39.5 Å². The second-order valence-electron chi connectivity index (χ2n) is 18.9. The highest BCUT2D eigenvalue weighted by Gasteiger charge is 2.85. The first kappa shape index (κ1) is 57.4. The number of hydrogen-bond acceptors (Lipinski definition) is 9. The van der Waals surface area contributed by atoms with Crippen molar-refractivity contribution in [3.8, 4) is 5.75 Å². The van der Waals surface area contributed by atoms with Crippen molar-refractivity contribution in [1.29, 1.82) is 0 Å². The fourth-order valence-corrected chi connectivity index (χ4v) is 11.7. The lowest BCUT2D eigenvalue weighted by Crippen LogP contribution is -2.67. The summed E-state index contributed by atoms with van der Waals surface area (Å²) >= 11 is 0. The normalized spacial score (nSPS) is 22.6. The number of alkyl halides is 9. The smallest absolute Gasteiger partial charge is 0.435 e. The number of rotatable bonds is 32. The van der Waals surface area contributed by atoms with Crippen LogP contribution in [0.15, 0.2) is 18.2 Å². The van der Waals surface area contributed by atoms with Crippen LogP contribution in [0.4, 0.5) is 39.5 Å². The molecule has 3 aliphatic rings. The van der Waals surface area contributed by atoms with Crippen LogP contribution in [0.3, 0.4) is 0 Å². The first-order valence-corrected chi connectivity index (χ1v) is 26.5. The Morgan fingerprint density at radius 2 is 1.24 bits per heavy atom. The van der Waals surface area contributed by atoms with Gasteiger partial charge in [0.15, 0.2) is 0 Å². The zero-order chi connectivity index (χ0) is 48.4. The van der Waals surface area contributed by atoms with E-state index in [4.69, 9.17) is 28.4 Å². The molecule has 0 bridgehead atoms. The Labute approximate surface area is 395 Å². The Morgan fingerprint density at radius 3 is 1.86 bits per heavy atom. The summed E-state index contributed by atoms with van der Waals surface area (Å²) in [6.45, 7) is 13.7. The van der Waals surface area contributed by atoms with E-state index in [1.165, 1.54) is 36.8 Å². The van der Waals surface area contributed by atoms with E-state index in [1.807, 2.05) is 16.9 Å². The Balaban J connectivity index is 1.02. The SMILES string of the molecule is CC(C)OCC(CCCCCCCOCCSSCCOCCCOc1ccc2c(c1)CCC1C2CCC2(C)C(OCCCOC(C(F)(F)F)(C(F)(F)F)C(F)(F)F)CCC12)COC(C)C. The lowest BCUT2D eigenvalue weighted by molar-refractivity contribution is -0.457. The minimum absolute atomic E-state index is 0.249. The molecule has 3 aliphatic carbocycles. The summed E-state index contributed by atoms with van der Waals surface area (Å²) in [5.41, 5.74) is -3.93. The van der Waals surface area contributed by atoms with Gasteiger partial charge in [-0.25, -0.2) is 0 Å². The summed E-state index contributed by atoms with van der Waals surface area (Å²) in [6, 6.07) is 6.33. The van der Waals surface area contributed by atoms with Gasteiger partial charge in [-0.15, -0.1) is 0 Å². The summed E-state index contributed by atoms with van der Waals surface area (Å²) in [5.74, 6) is 4.20. The van der Waals surface area contributed by atoms with Gasteiger partial charge in [0, 0.05) is 43.7 Å². The summed E-state index contributed by atoms with van der Waals surface area (Å²) in [5, 5.41) is 0. The second-order valence-corrected chi connectivity index (χ2v) is 21.6. The van der Waals surface area contributed by atoms with E-state index in [2.05, 4.69) is 51.5 Å². The molecule has 0 spiro atoms. The molecule has 2 saturated carbocycles. The molecule has 384 valence electrons. The van der Waals surface area contributed by atoms with Crippen molar-refractivity contribution in [1.82, 2.24) is 0 Å². The van der Waals surface area contributed by atoms with Gasteiger partial charge in [-0.2, -0.15) is 39.5 Å². The van der Waals surface area contributed by atoms with Crippen LogP contribution in [0.5, 0.6) is 5.75 Å². The van der Waals surface area contributed by atoms with Gasteiger partial charge in [-0.1, -0.05) is 60.3 Å². The Hall–Kier alpha value is -1.15. The fraction of sp³-hybridized carbons (Fsp3) is 0.875. The van der Waals surface area contributed by atoms with Gasteiger partial charge in [0.25, 0.3) is 0 Å². The van der Waals surface area contributed by atoms with Crippen molar-refractivity contribution in [3.05, 3.63) is 29.3 Å². The molecule has 0 aliphatic heterocycles. The molecule has 0 heterocycles. The zero-order valence-electron chi connectivity index (χ0n) is 39.5. The van der Waals surface area contributed by atoms with E-state index >= 15 is 0 Å². The van der Waals surface area contributed by atoms with Crippen LogP contribution in [0, 0.1) is 23.2 Å². The molecule has 0 N–H and O–H groups in total. The van der Waals surface area contributed by atoms with Gasteiger partial charge in [-0.05, 0) is 132 Å². The first-order chi connectivity index (χ1) is 31.2. The largest absolute Gasteiger partial charge is 0.493 e. The minimum atomic E-state index is -6.74. The third-order valence-electron chi connectivity index (χ3n) is 13.4. The molecule has 1 aromatic carbocycles. The van der Waals surface area contributed by atoms with Gasteiger partial charge in [0.2, 0.25) is 0 Å². The number of unbranched alkanes of at least 4 members (excludes halogenated alkanes) is 4. The van der Waals surface area contributed by atoms with E-state index in [1.54, 1.807) is 10.8 Å². The van der Waals surface area contributed by atoms with Crippen LogP contribution < -0.4 is 4.74 Å². The van der Waals surface area contributed by atoms with Crippen LogP contribution in [0.25, 0.3) is 0 Å². The fourth-order valence-electron chi connectivity index (χ4n) is 10.0. The maximum Gasteiger partial charge on any atom is 0.435 e. The van der Waals surface area contributed by atoms with Crippen LogP contribution in [-0.4, -0.2) is 113 Å². The Kier molecular flexibility index (Phi) is 23.9. The molecule has 0 radical (unpaired) electrons. The quantitative estimate of drug-likeness (QED) is 0.0399. The first-order valence-electron chi connectivity index (χ1n) is 24.1. The van der Waals surface area contributed by atoms with Gasteiger partial charge >= 0.3 is 24.1 Å². The Morgan fingerprint density at radius 1 is 0.652 bits per heavy atom. The molecule has 0 amide bonds. The maximum absolute atomic E-state index is 13.2. The van der Waals surface area contributed by atoms with E-state index in [0.717, 1.165) is 95.0 Å². The second kappa shape index (κ2) is 27.5. The van der Waals surface area contributed by atoms with E-state index < -0.39 is 37.2 Å². The van der Waals surface area contributed by atoms with Gasteiger partial charge < -0.3 is 33.2 Å². The van der Waals surface area contributed by atoms with Crippen molar-refractivity contribution >= 4 is 21.6 Å². The molecule has 0 aromatic heterocycles. The van der Waals surface area contributed by atoms with Crippen LogP contribution in [0.1, 0.15) is 135 Å². The molecule has 1 aromatic rings. The third-order valence-corrected chi connectivity index (χ3v) is 15.7. The predicted octanol–water partition coefficient (Wildman–Crippen LogP) is 13.8. The van der Waals surface area contributed by atoms with Crippen molar-refractivity contribution in [2.45, 2.75) is 173 Å². The molecular weight excluding hydrogens is 924 g/mol. The molecule has 0 saturated heterocycles.